The largest absolute Gasteiger partial charge is 0.310 e. The van der Waals surface area contributed by atoms with Crippen LogP contribution in [0.25, 0.3) is 42.4 Å². The maximum Gasteiger partial charge on any atom is 0.0506 e. The van der Waals surface area contributed by atoms with E-state index in [1.807, 2.05) is 11.3 Å². The lowest BCUT2D eigenvalue weighted by atomic mass is 9.72. The summed E-state index contributed by atoms with van der Waals surface area (Å²) in [5.74, 6) is 0. The molecule has 0 spiro atoms. The Hall–Kier alpha value is -6.42. The van der Waals surface area contributed by atoms with E-state index in [1.165, 1.54) is 81.7 Å². The van der Waals surface area contributed by atoms with E-state index in [2.05, 4.69) is 219 Å². The number of anilines is 6. The second-order valence-electron chi connectivity index (χ2n) is 16.6. The Labute approximate surface area is 338 Å². The van der Waals surface area contributed by atoms with Crippen LogP contribution in [0.1, 0.15) is 49.9 Å². The van der Waals surface area contributed by atoms with E-state index >= 15 is 0 Å². The minimum absolute atomic E-state index is 0.0785. The topological polar surface area (TPSA) is 6.48 Å². The average Bonchev–Trinajstić information content (AvgIpc) is 3.73. The molecule has 1 aromatic heterocycles. The van der Waals surface area contributed by atoms with Crippen LogP contribution in [0.5, 0.6) is 0 Å². The number of hydrogen-bond donors (Lipinski definition) is 0. The normalized spacial score (nSPS) is 14.6. The van der Waals surface area contributed by atoms with Gasteiger partial charge in [0.15, 0.2) is 0 Å². The lowest BCUT2D eigenvalue weighted by molar-refractivity contribution is 0.627. The summed E-state index contributed by atoms with van der Waals surface area (Å²) in [5.41, 5.74) is 17.5. The van der Waals surface area contributed by atoms with Crippen molar-refractivity contribution in [2.75, 3.05) is 9.80 Å². The maximum absolute atomic E-state index is 2.50. The first kappa shape index (κ1) is 33.9. The summed E-state index contributed by atoms with van der Waals surface area (Å²) in [5, 5.41) is 2.61. The van der Waals surface area contributed by atoms with Gasteiger partial charge in [0.1, 0.15) is 0 Å². The van der Waals surface area contributed by atoms with Crippen LogP contribution in [-0.4, -0.2) is 0 Å². The highest BCUT2D eigenvalue weighted by atomic mass is 32.1. The van der Waals surface area contributed by atoms with Gasteiger partial charge < -0.3 is 9.80 Å². The molecular formula is C54H42N2S. The van der Waals surface area contributed by atoms with Crippen LogP contribution in [0.3, 0.4) is 0 Å². The van der Waals surface area contributed by atoms with Crippen LogP contribution in [0.15, 0.2) is 182 Å². The van der Waals surface area contributed by atoms with Crippen molar-refractivity contribution in [1.82, 2.24) is 0 Å². The fourth-order valence-corrected chi connectivity index (χ4v) is 10.7. The molecule has 9 aromatic rings. The van der Waals surface area contributed by atoms with Crippen LogP contribution >= 0.6 is 11.3 Å². The first-order valence-corrected chi connectivity index (χ1v) is 20.7. The molecule has 0 radical (unpaired) electrons. The first-order chi connectivity index (χ1) is 27.8. The summed E-state index contributed by atoms with van der Waals surface area (Å²) in [4.78, 5) is 4.86. The maximum atomic E-state index is 2.50. The number of hydrogen-bond acceptors (Lipinski definition) is 3. The summed E-state index contributed by atoms with van der Waals surface area (Å²) in [6, 6.07) is 67.4. The molecule has 2 aliphatic rings. The highest BCUT2D eigenvalue weighted by Gasteiger charge is 2.42. The Bertz CT molecular complexity index is 3010. The smallest absolute Gasteiger partial charge is 0.0506 e. The summed E-state index contributed by atoms with van der Waals surface area (Å²) in [6.07, 6.45) is 0. The van der Waals surface area contributed by atoms with Gasteiger partial charge in [0.2, 0.25) is 0 Å². The SMILES string of the molecule is CC1(C)c2ccccc2-c2cc3c(cc21)N(c1ccc(-c2ccc(N(c4ccccc4)c4ccc5sc6ccccc6c5c4)cc2)cc1)c1ccccc1C3(C)C. The average molecular weight is 751 g/mol. The van der Waals surface area contributed by atoms with Crippen molar-refractivity contribution in [1.29, 1.82) is 0 Å². The number of thiophene rings is 1. The second-order valence-corrected chi connectivity index (χ2v) is 17.7. The summed E-state index contributed by atoms with van der Waals surface area (Å²) < 4.78 is 2.63. The number of rotatable bonds is 5. The van der Waals surface area contributed by atoms with Crippen molar-refractivity contribution in [3.8, 4) is 22.3 Å². The molecule has 274 valence electrons. The molecule has 57 heavy (non-hydrogen) atoms. The molecule has 0 amide bonds. The van der Waals surface area contributed by atoms with E-state index in [-0.39, 0.29) is 10.8 Å². The van der Waals surface area contributed by atoms with Crippen molar-refractivity contribution in [3.63, 3.8) is 0 Å². The van der Waals surface area contributed by atoms with Gasteiger partial charge in [-0.15, -0.1) is 11.3 Å². The molecular weight excluding hydrogens is 709 g/mol. The van der Waals surface area contributed by atoms with E-state index in [1.54, 1.807) is 0 Å². The van der Waals surface area contributed by atoms with Crippen molar-refractivity contribution < 1.29 is 0 Å². The van der Waals surface area contributed by atoms with Crippen LogP contribution < -0.4 is 9.80 Å². The van der Waals surface area contributed by atoms with E-state index < -0.39 is 0 Å². The molecule has 8 aromatic carbocycles. The van der Waals surface area contributed by atoms with E-state index in [0.717, 1.165) is 17.1 Å². The Morgan fingerprint density at radius 1 is 0.404 bits per heavy atom. The van der Waals surface area contributed by atoms with Crippen LogP contribution in [-0.2, 0) is 10.8 Å². The third-order valence-electron chi connectivity index (χ3n) is 12.6. The van der Waals surface area contributed by atoms with Gasteiger partial charge in [-0.2, -0.15) is 0 Å². The quantitative estimate of drug-likeness (QED) is 0.173. The molecule has 11 rings (SSSR count). The molecule has 0 N–H and O–H groups in total. The summed E-state index contributed by atoms with van der Waals surface area (Å²) in [6.45, 7) is 9.52. The standard InChI is InChI=1S/C54H42N2S/c1-53(2)45-18-10-8-16-41(45)43-33-48-50(34-47(43)53)56(49-20-12-11-19-46(49)54(48,3)4)39-28-24-36(25-29-39)35-22-26-38(27-23-35)55(37-14-6-5-7-15-37)40-30-31-52-44(32-40)42-17-9-13-21-51(42)57-52/h5-34H,1-4H3. The fraction of sp³-hybridized carbons (Fsp3) is 0.111. The van der Waals surface area contributed by atoms with Gasteiger partial charge in [0, 0.05) is 53.8 Å². The minimum atomic E-state index is -0.155. The van der Waals surface area contributed by atoms with Gasteiger partial charge >= 0.3 is 0 Å². The van der Waals surface area contributed by atoms with Gasteiger partial charge in [-0.3, -0.25) is 0 Å². The van der Waals surface area contributed by atoms with Gasteiger partial charge in [-0.1, -0.05) is 131 Å². The number of benzene rings is 8. The fourth-order valence-electron chi connectivity index (χ4n) is 9.66. The molecule has 2 heterocycles. The Balaban J connectivity index is 0.969. The highest BCUT2D eigenvalue weighted by molar-refractivity contribution is 7.25. The predicted molar refractivity (Wildman–Crippen MR) is 244 cm³/mol. The molecule has 0 atom stereocenters. The Morgan fingerprint density at radius 3 is 1.79 bits per heavy atom. The zero-order valence-corrected chi connectivity index (χ0v) is 33.4. The second kappa shape index (κ2) is 12.5. The van der Waals surface area contributed by atoms with E-state index in [0.29, 0.717) is 0 Å². The minimum Gasteiger partial charge on any atom is -0.310 e. The number of para-hydroxylation sites is 2. The molecule has 2 nitrogen and oxygen atoms in total. The van der Waals surface area contributed by atoms with Crippen LogP contribution in [0.2, 0.25) is 0 Å². The number of nitrogens with zero attached hydrogens (tertiary/aromatic N) is 2. The van der Waals surface area contributed by atoms with Crippen molar-refractivity contribution in [2.24, 2.45) is 0 Å². The Kier molecular flexibility index (Phi) is 7.46. The van der Waals surface area contributed by atoms with Crippen LogP contribution in [0.4, 0.5) is 34.1 Å². The van der Waals surface area contributed by atoms with Gasteiger partial charge in [-0.25, -0.2) is 0 Å². The predicted octanol–water partition coefficient (Wildman–Crippen LogP) is 15.6. The number of fused-ring (bicyclic) bond motifs is 8. The van der Waals surface area contributed by atoms with Gasteiger partial charge in [0.25, 0.3) is 0 Å². The van der Waals surface area contributed by atoms with Gasteiger partial charge in [0.05, 0.1) is 11.4 Å². The molecule has 3 heteroatoms. The van der Waals surface area contributed by atoms with Crippen molar-refractivity contribution >= 4 is 65.6 Å². The van der Waals surface area contributed by atoms with Gasteiger partial charge in [-0.05, 0) is 123 Å². The zero-order valence-electron chi connectivity index (χ0n) is 32.6. The van der Waals surface area contributed by atoms with Crippen LogP contribution in [0, 0.1) is 0 Å². The summed E-state index contributed by atoms with van der Waals surface area (Å²) in [7, 11) is 0. The third kappa shape index (κ3) is 5.15. The van der Waals surface area contributed by atoms with Crippen molar-refractivity contribution in [3.05, 3.63) is 204 Å². The molecule has 1 aliphatic carbocycles. The summed E-state index contributed by atoms with van der Waals surface area (Å²) >= 11 is 1.86. The molecule has 1 aliphatic heterocycles. The lowest BCUT2D eigenvalue weighted by Gasteiger charge is -2.43. The Morgan fingerprint density at radius 2 is 1.00 bits per heavy atom. The third-order valence-corrected chi connectivity index (χ3v) is 13.8. The molecule has 0 unspecified atom stereocenters. The van der Waals surface area contributed by atoms with Crippen molar-refractivity contribution in [2.45, 2.75) is 38.5 Å². The molecule has 0 fully saturated rings. The highest BCUT2D eigenvalue weighted by Crippen LogP contribution is 2.57. The molecule has 0 saturated heterocycles. The van der Waals surface area contributed by atoms with E-state index in [9.17, 15) is 0 Å². The van der Waals surface area contributed by atoms with E-state index in [4.69, 9.17) is 0 Å². The molecule has 0 bridgehead atoms. The monoisotopic (exact) mass is 750 g/mol. The first-order valence-electron chi connectivity index (χ1n) is 19.9. The molecule has 0 saturated carbocycles. The zero-order chi connectivity index (χ0) is 38.5. The lowest BCUT2D eigenvalue weighted by Crippen LogP contribution is -2.31.